The Balaban J connectivity index is 0.000000225. The Morgan fingerprint density at radius 3 is 1.25 bits per heavy atom. The normalized spacial score (nSPS) is 11.5. The van der Waals surface area contributed by atoms with E-state index in [4.69, 9.17) is 17.0 Å². The van der Waals surface area contributed by atoms with Crippen LogP contribution in [0.2, 0.25) is 12.6 Å². The van der Waals surface area contributed by atoms with Gasteiger partial charge < -0.3 is 0 Å². The van der Waals surface area contributed by atoms with Crippen LogP contribution in [0.15, 0.2) is 109 Å². The van der Waals surface area contributed by atoms with Crippen LogP contribution in [0, 0.1) is 24.7 Å². The predicted molar refractivity (Wildman–Crippen MR) is 225 cm³/mol. The van der Waals surface area contributed by atoms with Gasteiger partial charge in [-0.2, -0.15) is 25.3 Å². The first-order valence-electron chi connectivity index (χ1n) is 18.0. The van der Waals surface area contributed by atoms with Crippen LogP contribution < -0.4 is 0 Å². The number of benzene rings is 4. The zero-order valence-corrected chi connectivity index (χ0v) is 37.6. The Kier molecular flexibility index (Phi) is 17.4. The van der Waals surface area contributed by atoms with Gasteiger partial charge >= 0.3 is 44.1 Å². The van der Waals surface area contributed by atoms with Crippen LogP contribution in [-0.2, 0) is 33.7 Å². The molecule has 0 aromatic heterocycles. The van der Waals surface area contributed by atoms with Gasteiger partial charge in [0.2, 0.25) is 0 Å². The first kappa shape index (κ1) is 45.0. The van der Waals surface area contributed by atoms with Gasteiger partial charge in [0.1, 0.15) is 0 Å². The van der Waals surface area contributed by atoms with Gasteiger partial charge in [-0.1, -0.05) is 137 Å². The second-order valence-corrected chi connectivity index (χ2v) is 21.0. The first-order chi connectivity index (χ1) is 24.8. The van der Waals surface area contributed by atoms with Gasteiger partial charge in [0.05, 0.1) is 0 Å². The van der Waals surface area contributed by atoms with E-state index in [0.29, 0.717) is 20.3 Å². The fraction of sp³-hybridized carbons (Fsp3) is 0.348. The summed E-state index contributed by atoms with van der Waals surface area (Å²) in [6, 6.07) is 40.6. The van der Waals surface area contributed by atoms with Crippen molar-refractivity contribution in [3.8, 4) is 22.3 Å². The Bertz CT molecular complexity index is 1840. The second kappa shape index (κ2) is 20.5. The molecule has 0 atom stereocenters. The molecule has 0 amide bonds. The van der Waals surface area contributed by atoms with Gasteiger partial charge in [-0.05, 0) is 48.6 Å². The molecule has 280 valence electrons. The van der Waals surface area contributed by atoms with Crippen molar-refractivity contribution >= 4 is 48.1 Å². The Labute approximate surface area is 337 Å². The summed E-state index contributed by atoms with van der Waals surface area (Å²) >= 11 is -0.826. The molecule has 0 aliphatic heterocycles. The summed E-state index contributed by atoms with van der Waals surface area (Å²) in [5, 5.41) is 5.46. The molecule has 0 bridgehead atoms. The molecule has 0 nitrogen and oxygen atoms in total. The third-order valence-electron chi connectivity index (χ3n) is 8.47. The van der Waals surface area contributed by atoms with Gasteiger partial charge in [-0.3, -0.25) is 0 Å². The first-order valence-corrected chi connectivity index (χ1v) is 26.0. The third kappa shape index (κ3) is 15.7. The summed E-state index contributed by atoms with van der Waals surface area (Å²) in [6.45, 7) is 19.8. The molecule has 0 spiro atoms. The van der Waals surface area contributed by atoms with E-state index in [2.05, 4.69) is 165 Å². The maximum atomic E-state index is 11.2. The summed E-state index contributed by atoms with van der Waals surface area (Å²) in [4.78, 5) is 0. The van der Waals surface area contributed by atoms with E-state index in [9.17, 15) is 13.2 Å². The molecule has 6 aromatic carbocycles. The molecule has 2 radical (unpaired) electrons. The summed E-state index contributed by atoms with van der Waals surface area (Å²) < 4.78 is 33.7. The molecule has 0 fully saturated rings. The van der Waals surface area contributed by atoms with Gasteiger partial charge in [-0.25, -0.2) is 0 Å². The van der Waals surface area contributed by atoms with Crippen molar-refractivity contribution in [3.63, 3.8) is 0 Å². The van der Waals surface area contributed by atoms with E-state index in [1.54, 1.807) is 6.55 Å². The monoisotopic (exact) mass is 850 g/mol. The molecule has 6 aromatic rings. The van der Waals surface area contributed by atoms with Crippen molar-refractivity contribution in [2.75, 3.05) is 0 Å². The zero-order valence-electron chi connectivity index (χ0n) is 32.6. The summed E-state index contributed by atoms with van der Waals surface area (Å²) in [5.74, 6) is 0. The predicted octanol–water partition coefficient (Wildman–Crippen LogP) is 15.7. The Morgan fingerprint density at radius 1 is 0.604 bits per heavy atom. The summed E-state index contributed by atoms with van der Waals surface area (Å²) in [7, 11) is 10.3. The van der Waals surface area contributed by atoms with Crippen molar-refractivity contribution in [2.24, 2.45) is 10.8 Å². The van der Waals surface area contributed by atoms with E-state index >= 15 is 0 Å². The van der Waals surface area contributed by atoms with Crippen LogP contribution in [0.25, 0.3) is 43.8 Å². The van der Waals surface area contributed by atoms with Crippen molar-refractivity contribution in [1.82, 2.24) is 0 Å². The minimum atomic E-state index is -3.94. The van der Waals surface area contributed by atoms with Crippen LogP contribution in [0.1, 0.15) is 70.2 Å². The van der Waals surface area contributed by atoms with E-state index in [-0.39, 0.29) is 6.04 Å². The molecule has 0 N–H and O–H groups in total. The van der Waals surface area contributed by atoms with Gasteiger partial charge in [0.15, 0.2) is 0 Å². The maximum absolute atomic E-state index is 11.2. The van der Waals surface area contributed by atoms with Crippen LogP contribution in [0.5, 0.6) is 0 Å². The number of fused-ring (bicyclic) bond motifs is 2. The zero-order chi connectivity index (χ0) is 39.4. The number of rotatable bonds is 6. The van der Waals surface area contributed by atoms with E-state index in [1.807, 2.05) is 0 Å². The molecular weight excluding hydrogens is 800 g/mol. The second-order valence-electron chi connectivity index (χ2n) is 16.1. The molecule has 7 heteroatoms. The number of aryl methyl sites for hydroxylation is 2. The minimum absolute atomic E-state index is 0.281. The number of hydrogen-bond donors (Lipinski definition) is 0. The molecule has 0 aliphatic carbocycles. The Hall–Kier alpha value is -2.43. The van der Waals surface area contributed by atoms with Crippen LogP contribution in [0.4, 0.5) is 13.2 Å². The van der Waals surface area contributed by atoms with Gasteiger partial charge in [0, 0.05) is 15.9 Å². The number of halogens is 5. The summed E-state index contributed by atoms with van der Waals surface area (Å²) in [5.41, 5.74) is 11.4. The SMILES string of the molecule is C[Si]CCC(F)(F)F.Cc1ccc(-c2cccc3[cH-]c(CC(C)(C)C)cc23)cc1.Cc1ccc(-c2cccc3[cH-]c(CC(C)(C)C)cc23)cc1.[Cl][Zr+2][Cl]. The van der Waals surface area contributed by atoms with Gasteiger partial charge in [0.25, 0.3) is 0 Å². The fourth-order valence-corrected chi connectivity index (χ4v) is 6.79. The van der Waals surface area contributed by atoms with Crippen LogP contribution in [0.3, 0.4) is 0 Å². The average Bonchev–Trinajstić information content (AvgIpc) is 3.66. The molecule has 0 saturated carbocycles. The van der Waals surface area contributed by atoms with E-state index < -0.39 is 33.4 Å². The molecule has 0 heterocycles. The molecule has 6 rings (SSSR count). The molecular formula is C46H53Cl2F3SiZr. The fourth-order valence-electron chi connectivity index (χ4n) is 6.26. The van der Waals surface area contributed by atoms with Crippen molar-refractivity contribution in [1.29, 1.82) is 0 Å². The summed E-state index contributed by atoms with van der Waals surface area (Å²) in [6.07, 6.45) is -2.32. The van der Waals surface area contributed by atoms with E-state index in [1.165, 1.54) is 66.1 Å². The van der Waals surface area contributed by atoms with Crippen LogP contribution in [-0.4, -0.2) is 15.7 Å². The average molecular weight is 853 g/mol. The topological polar surface area (TPSA) is 0 Å². The third-order valence-corrected chi connectivity index (χ3v) is 9.22. The van der Waals surface area contributed by atoms with Crippen molar-refractivity contribution in [3.05, 3.63) is 131 Å². The van der Waals surface area contributed by atoms with Crippen LogP contribution >= 0.6 is 17.0 Å². The molecule has 0 aliphatic rings. The van der Waals surface area contributed by atoms with E-state index in [0.717, 1.165) is 12.8 Å². The number of hydrogen-bond acceptors (Lipinski definition) is 0. The quantitative estimate of drug-likeness (QED) is 0.116. The molecule has 0 unspecified atom stereocenters. The Morgan fingerprint density at radius 2 is 0.962 bits per heavy atom. The van der Waals surface area contributed by atoms with Crippen molar-refractivity contribution < 1.29 is 34.0 Å². The molecule has 53 heavy (non-hydrogen) atoms. The van der Waals surface area contributed by atoms with Crippen molar-refractivity contribution in [2.45, 2.75) is 93.4 Å². The standard InChI is InChI=1S/2C21H23.C4H7F3Si.2ClH.Zr/c2*1-15-8-10-17(11-9-15)19-7-5-6-18-12-16(13-20(18)19)14-21(2,3)4;1-8-3-2-4(5,6)7;;;/h2*5-13H,14H2,1-4H3;2-3H2,1H3;2*1H;/q2*-1;;;;+4/p-2. The molecule has 0 saturated heterocycles. The number of alkyl halides is 3. The van der Waals surface area contributed by atoms with Gasteiger partial charge in [-0.15, -0.1) is 69.1 Å².